The third-order valence-corrected chi connectivity index (χ3v) is 3.16. The van der Waals surface area contributed by atoms with Gasteiger partial charge in [0.1, 0.15) is 0 Å². The Morgan fingerprint density at radius 2 is 2.06 bits per heavy atom. The summed E-state index contributed by atoms with van der Waals surface area (Å²) in [4.78, 5) is 11.5. The van der Waals surface area contributed by atoms with E-state index in [1.807, 2.05) is 0 Å². The molecule has 1 aliphatic rings. The molecule has 1 heterocycles. The largest absolute Gasteiger partial charge is 0.376 e. The van der Waals surface area contributed by atoms with Gasteiger partial charge in [-0.2, -0.15) is 0 Å². The van der Waals surface area contributed by atoms with Gasteiger partial charge in [-0.3, -0.25) is 4.79 Å². The van der Waals surface area contributed by atoms with E-state index in [9.17, 15) is 4.79 Å². The molecule has 0 spiro atoms. The fourth-order valence-corrected chi connectivity index (χ4v) is 2.07. The second-order valence-electron chi connectivity index (χ2n) is 4.75. The van der Waals surface area contributed by atoms with Crippen LogP contribution in [0, 0.1) is 0 Å². The van der Waals surface area contributed by atoms with Crippen molar-refractivity contribution in [3.05, 3.63) is 0 Å². The van der Waals surface area contributed by atoms with Crippen molar-refractivity contribution in [1.82, 2.24) is 5.32 Å². The smallest absolute Gasteiger partial charge is 0.220 e. The fraction of sp³-hybridized carbons (Fsp3) is 0.923. The molecule has 4 heteroatoms. The summed E-state index contributed by atoms with van der Waals surface area (Å²) in [6, 6.07) is 0. The van der Waals surface area contributed by atoms with Crippen LogP contribution in [0.1, 0.15) is 51.4 Å². The first-order valence-corrected chi connectivity index (χ1v) is 6.91. The predicted molar refractivity (Wildman–Crippen MR) is 68.7 cm³/mol. The van der Waals surface area contributed by atoms with Crippen LogP contribution in [0.2, 0.25) is 0 Å². The van der Waals surface area contributed by atoms with Crippen molar-refractivity contribution < 1.29 is 9.53 Å². The summed E-state index contributed by atoms with van der Waals surface area (Å²) < 4.78 is 5.56. The van der Waals surface area contributed by atoms with Crippen LogP contribution in [-0.2, 0) is 9.53 Å². The average molecular weight is 242 g/mol. The van der Waals surface area contributed by atoms with Crippen LogP contribution in [0.25, 0.3) is 0 Å². The number of amides is 1. The van der Waals surface area contributed by atoms with E-state index in [0.29, 0.717) is 13.0 Å². The first-order chi connectivity index (χ1) is 8.33. The van der Waals surface area contributed by atoms with Gasteiger partial charge in [-0.1, -0.05) is 12.8 Å². The van der Waals surface area contributed by atoms with Crippen LogP contribution in [0.5, 0.6) is 0 Å². The zero-order valence-corrected chi connectivity index (χ0v) is 10.7. The summed E-state index contributed by atoms with van der Waals surface area (Å²) in [5.41, 5.74) is 5.41. The van der Waals surface area contributed by atoms with Gasteiger partial charge in [0, 0.05) is 19.6 Å². The van der Waals surface area contributed by atoms with Crippen molar-refractivity contribution in [3.8, 4) is 0 Å². The van der Waals surface area contributed by atoms with Crippen molar-refractivity contribution >= 4 is 5.91 Å². The maximum Gasteiger partial charge on any atom is 0.220 e. The summed E-state index contributed by atoms with van der Waals surface area (Å²) >= 11 is 0. The van der Waals surface area contributed by atoms with Crippen LogP contribution in [0.4, 0.5) is 0 Å². The summed E-state index contributed by atoms with van der Waals surface area (Å²) in [5, 5.41) is 2.95. The molecule has 1 amide bonds. The van der Waals surface area contributed by atoms with Crippen LogP contribution in [-0.4, -0.2) is 31.7 Å². The molecule has 17 heavy (non-hydrogen) atoms. The van der Waals surface area contributed by atoms with Crippen LogP contribution in [0.15, 0.2) is 0 Å². The molecule has 4 nitrogen and oxygen atoms in total. The number of hydrogen-bond acceptors (Lipinski definition) is 3. The van der Waals surface area contributed by atoms with Gasteiger partial charge in [-0.15, -0.1) is 0 Å². The minimum Gasteiger partial charge on any atom is -0.376 e. The quantitative estimate of drug-likeness (QED) is 0.635. The molecule has 100 valence electrons. The predicted octanol–water partition coefficient (Wildman–Crippen LogP) is 1.58. The molecule has 0 saturated carbocycles. The average Bonchev–Trinajstić information content (AvgIpc) is 2.37. The Hall–Kier alpha value is -0.610. The number of carbonyl (C=O) groups is 1. The zero-order chi connectivity index (χ0) is 12.3. The van der Waals surface area contributed by atoms with Gasteiger partial charge >= 0.3 is 0 Å². The van der Waals surface area contributed by atoms with E-state index in [4.69, 9.17) is 10.5 Å². The third kappa shape index (κ3) is 7.34. The lowest BCUT2D eigenvalue weighted by Crippen LogP contribution is -2.35. The Labute approximate surface area is 104 Å². The maximum absolute atomic E-state index is 11.5. The Morgan fingerprint density at radius 3 is 2.76 bits per heavy atom. The zero-order valence-electron chi connectivity index (χ0n) is 10.7. The van der Waals surface area contributed by atoms with Crippen LogP contribution in [0.3, 0.4) is 0 Å². The summed E-state index contributed by atoms with van der Waals surface area (Å²) in [6.45, 7) is 2.28. The van der Waals surface area contributed by atoms with E-state index in [1.165, 1.54) is 6.42 Å². The molecule has 1 aliphatic heterocycles. The molecular weight excluding hydrogens is 216 g/mol. The summed E-state index contributed by atoms with van der Waals surface area (Å²) in [6.07, 6.45) is 8.61. The van der Waals surface area contributed by atoms with E-state index < -0.39 is 0 Å². The van der Waals surface area contributed by atoms with Gasteiger partial charge in [0.2, 0.25) is 5.91 Å². The Morgan fingerprint density at radius 1 is 1.24 bits per heavy atom. The molecule has 1 saturated heterocycles. The maximum atomic E-state index is 11.5. The minimum atomic E-state index is 0.159. The van der Waals surface area contributed by atoms with Crippen molar-refractivity contribution in [2.45, 2.75) is 57.5 Å². The van der Waals surface area contributed by atoms with Gasteiger partial charge in [0.05, 0.1) is 6.10 Å². The van der Waals surface area contributed by atoms with Crippen LogP contribution < -0.4 is 11.1 Å². The highest BCUT2D eigenvalue weighted by molar-refractivity contribution is 5.75. The molecule has 0 bridgehead atoms. The lowest BCUT2D eigenvalue weighted by Gasteiger charge is -2.22. The number of hydrogen-bond donors (Lipinski definition) is 2. The summed E-state index contributed by atoms with van der Waals surface area (Å²) in [5.74, 6) is 0.159. The Balaban J connectivity index is 1.93. The highest BCUT2D eigenvalue weighted by atomic mass is 16.5. The molecule has 0 aliphatic carbocycles. The van der Waals surface area contributed by atoms with Crippen molar-refractivity contribution in [2.24, 2.45) is 5.73 Å². The van der Waals surface area contributed by atoms with E-state index in [0.717, 1.165) is 51.7 Å². The number of carbonyl (C=O) groups excluding carboxylic acids is 1. The third-order valence-electron chi connectivity index (χ3n) is 3.16. The molecule has 0 aromatic heterocycles. The monoisotopic (exact) mass is 242 g/mol. The lowest BCUT2D eigenvalue weighted by atomic mass is 10.1. The lowest BCUT2D eigenvalue weighted by molar-refractivity contribution is -0.122. The van der Waals surface area contributed by atoms with Crippen LogP contribution >= 0.6 is 0 Å². The normalized spacial score (nSPS) is 20.2. The Kier molecular flexibility index (Phi) is 8.01. The topological polar surface area (TPSA) is 64.4 Å². The highest BCUT2D eigenvalue weighted by Crippen LogP contribution is 2.11. The highest BCUT2D eigenvalue weighted by Gasteiger charge is 2.14. The molecule has 0 radical (unpaired) electrons. The van der Waals surface area contributed by atoms with Gasteiger partial charge in [0.15, 0.2) is 0 Å². The number of unbranched alkanes of at least 4 members (excludes halogenated alkanes) is 3. The molecule has 1 atom stereocenters. The SMILES string of the molecule is NCCCCCCC(=O)NCC1CCCCO1. The van der Waals surface area contributed by atoms with Crippen molar-refractivity contribution in [1.29, 1.82) is 0 Å². The van der Waals surface area contributed by atoms with E-state index >= 15 is 0 Å². The summed E-state index contributed by atoms with van der Waals surface area (Å²) in [7, 11) is 0. The van der Waals surface area contributed by atoms with Gasteiger partial charge in [-0.25, -0.2) is 0 Å². The van der Waals surface area contributed by atoms with E-state index in [2.05, 4.69) is 5.32 Å². The first-order valence-electron chi connectivity index (χ1n) is 6.91. The minimum absolute atomic E-state index is 0.159. The molecular formula is C13H26N2O2. The molecule has 1 fully saturated rings. The second kappa shape index (κ2) is 9.42. The number of rotatable bonds is 8. The number of nitrogens with one attached hydrogen (secondary N) is 1. The molecule has 1 rings (SSSR count). The number of ether oxygens (including phenoxy) is 1. The van der Waals surface area contributed by atoms with E-state index in [-0.39, 0.29) is 12.0 Å². The van der Waals surface area contributed by atoms with Crippen molar-refractivity contribution in [3.63, 3.8) is 0 Å². The Bertz CT molecular complexity index is 204. The first kappa shape index (κ1) is 14.5. The van der Waals surface area contributed by atoms with E-state index in [1.54, 1.807) is 0 Å². The van der Waals surface area contributed by atoms with Gasteiger partial charge < -0.3 is 15.8 Å². The molecule has 1 unspecified atom stereocenters. The standard InChI is InChI=1S/C13H26N2O2/c14-9-5-2-1-3-8-13(16)15-11-12-7-4-6-10-17-12/h12H,1-11,14H2,(H,15,16). The molecule has 3 N–H and O–H groups in total. The van der Waals surface area contributed by atoms with Gasteiger partial charge in [-0.05, 0) is 38.6 Å². The van der Waals surface area contributed by atoms with Gasteiger partial charge in [0.25, 0.3) is 0 Å². The molecule has 0 aromatic carbocycles. The molecule has 0 aromatic rings. The fourth-order valence-electron chi connectivity index (χ4n) is 2.07. The van der Waals surface area contributed by atoms with Crippen molar-refractivity contribution in [2.75, 3.05) is 19.7 Å². The second-order valence-corrected chi connectivity index (χ2v) is 4.75. The number of nitrogens with two attached hydrogens (primary N) is 1.